The summed E-state index contributed by atoms with van der Waals surface area (Å²) in [6.45, 7) is 2.08. The minimum atomic E-state index is -0.175. The maximum atomic E-state index is 12.1. The van der Waals surface area contributed by atoms with Crippen LogP contribution in [0.25, 0.3) is 0 Å². The molecule has 1 atom stereocenters. The van der Waals surface area contributed by atoms with E-state index in [2.05, 4.69) is 27.3 Å². The topological polar surface area (TPSA) is 74.8 Å². The number of rotatable bonds is 7. The van der Waals surface area contributed by atoms with Gasteiger partial charge in [-0.25, -0.2) is 10.5 Å². The van der Waals surface area contributed by atoms with Crippen LogP contribution >= 0.6 is 10.7 Å². The van der Waals surface area contributed by atoms with Gasteiger partial charge in [0.1, 0.15) is 5.75 Å². The number of nitrogens with zero attached hydrogens (tertiary/aromatic N) is 1. The average Bonchev–Trinajstić information content (AvgIpc) is 2.67. The lowest BCUT2D eigenvalue weighted by Gasteiger charge is -2.17. The molecular weight excluding hydrogens is 348 g/mol. The van der Waals surface area contributed by atoms with Gasteiger partial charge in [0, 0.05) is 19.3 Å². The van der Waals surface area contributed by atoms with E-state index in [0.717, 1.165) is 18.6 Å². The van der Waals surface area contributed by atoms with Crippen LogP contribution in [-0.2, 0) is 4.79 Å². The molecule has 1 saturated carbocycles. The van der Waals surface area contributed by atoms with Crippen LogP contribution in [0.4, 0.5) is 0 Å². The van der Waals surface area contributed by atoms with Gasteiger partial charge in [0.15, 0.2) is 5.25 Å². The zero-order valence-corrected chi connectivity index (χ0v) is 16.2. The van der Waals surface area contributed by atoms with Crippen LogP contribution in [0.5, 0.6) is 11.6 Å². The standard InChI is InChI=1S/C19H28N4O2S/c1-2-3-14-18(24)20-23-21-19(25-16-10-6-4-7-11-16)15-26(22-23)17-12-8-5-9-13-17/h4,6-7,10-11,15,17,21-22H,2-3,5,8-9,12-14H2,1H3/p+1. The first-order valence-corrected chi connectivity index (χ1v) is 10.9. The third kappa shape index (κ3) is 5.42. The Bertz CT molecular complexity index is 721. The third-order valence-corrected chi connectivity index (χ3v) is 6.58. The number of H-pyrrole nitrogens is 2. The molecule has 1 aromatic carbocycles. The van der Waals surface area contributed by atoms with Crippen molar-refractivity contribution in [2.75, 3.05) is 5.43 Å². The smallest absolute Gasteiger partial charge is 0.270 e. The Hall–Kier alpha value is -2.15. The van der Waals surface area contributed by atoms with E-state index in [-0.39, 0.29) is 16.6 Å². The van der Waals surface area contributed by atoms with Crippen LogP contribution in [-0.4, -0.2) is 20.4 Å². The van der Waals surface area contributed by atoms with Crippen molar-refractivity contribution < 1.29 is 9.53 Å². The Kier molecular flexibility index (Phi) is 6.82. The van der Waals surface area contributed by atoms with Crippen molar-refractivity contribution in [1.82, 2.24) is 14.5 Å². The molecule has 1 amide bonds. The number of nitrogens with one attached hydrogen (secondary N) is 3. The van der Waals surface area contributed by atoms with Gasteiger partial charge in [-0.15, -0.1) is 0 Å². The van der Waals surface area contributed by atoms with Crippen molar-refractivity contribution in [3.05, 3.63) is 35.7 Å². The monoisotopic (exact) mass is 377 g/mol. The molecule has 1 aliphatic carbocycles. The molecule has 0 bridgehead atoms. The molecule has 142 valence electrons. The summed E-state index contributed by atoms with van der Waals surface area (Å²) in [5.41, 5.74) is 2.90. The lowest BCUT2D eigenvalue weighted by molar-refractivity contribution is -0.117. The average molecular weight is 378 g/mol. The van der Waals surface area contributed by atoms with E-state index in [1.54, 1.807) is 4.91 Å². The van der Waals surface area contributed by atoms with Gasteiger partial charge in [-0.1, -0.05) is 47.4 Å². The van der Waals surface area contributed by atoms with E-state index in [1.165, 1.54) is 32.1 Å². The van der Waals surface area contributed by atoms with Gasteiger partial charge in [0.25, 0.3) is 5.88 Å². The fourth-order valence-electron chi connectivity index (χ4n) is 3.13. The van der Waals surface area contributed by atoms with Gasteiger partial charge in [-0.05, 0) is 31.4 Å². The molecular formula is C19H29N4O2S+. The van der Waals surface area contributed by atoms with Crippen molar-refractivity contribution in [2.24, 2.45) is 0 Å². The molecule has 1 unspecified atom stereocenters. The van der Waals surface area contributed by atoms with Crippen LogP contribution in [0.2, 0.25) is 0 Å². The fourth-order valence-corrected chi connectivity index (χ4v) is 5.00. The second-order valence-corrected chi connectivity index (χ2v) is 8.53. The van der Waals surface area contributed by atoms with Crippen LogP contribution in [0.1, 0.15) is 63.5 Å². The fraction of sp³-hybridized carbons (Fsp3) is 0.526. The number of para-hydroxylation sites is 1. The summed E-state index contributed by atoms with van der Waals surface area (Å²) >= 11 is 0. The highest BCUT2D eigenvalue weighted by Gasteiger charge is 2.25. The van der Waals surface area contributed by atoms with Gasteiger partial charge < -0.3 is 4.74 Å². The van der Waals surface area contributed by atoms with Crippen LogP contribution in [0.3, 0.4) is 0 Å². The van der Waals surface area contributed by atoms with Crippen LogP contribution in [0.15, 0.2) is 35.7 Å². The molecule has 0 radical (unpaired) electrons. The Morgan fingerprint density at radius 3 is 2.77 bits per heavy atom. The minimum Gasteiger partial charge on any atom is -0.435 e. The quantitative estimate of drug-likeness (QED) is 0.551. The maximum absolute atomic E-state index is 12.1. The first-order chi connectivity index (χ1) is 12.7. The zero-order valence-electron chi connectivity index (χ0n) is 15.4. The predicted molar refractivity (Wildman–Crippen MR) is 106 cm³/mol. The van der Waals surface area contributed by atoms with Gasteiger partial charge >= 0.3 is 0 Å². The molecule has 3 rings (SSSR count). The SMILES string of the molecule is CCCCC(=O)Nn1[nH]c(Oc2ccccc2)c[s+](C2CCCCC2)[nH]1. The molecule has 0 aliphatic heterocycles. The second kappa shape index (κ2) is 9.52. The molecule has 1 heterocycles. The van der Waals surface area contributed by atoms with Crippen molar-refractivity contribution in [3.63, 3.8) is 0 Å². The molecule has 1 aliphatic rings. The number of carbonyl (C=O) groups excluding carboxylic acids is 1. The zero-order chi connectivity index (χ0) is 18.2. The highest BCUT2D eigenvalue weighted by molar-refractivity contribution is 7.25. The highest BCUT2D eigenvalue weighted by atomic mass is 32.2. The van der Waals surface area contributed by atoms with Gasteiger partial charge in [0.05, 0.1) is 10.7 Å². The second-order valence-electron chi connectivity index (χ2n) is 6.71. The maximum Gasteiger partial charge on any atom is 0.270 e. The van der Waals surface area contributed by atoms with Crippen molar-refractivity contribution >= 4 is 16.6 Å². The number of amides is 1. The van der Waals surface area contributed by atoms with E-state index < -0.39 is 0 Å². The van der Waals surface area contributed by atoms with Gasteiger partial charge in [0.2, 0.25) is 11.3 Å². The Morgan fingerprint density at radius 1 is 1.27 bits per heavy atom. The molecule has 0 saturated heterocycles. The summed E-state index contributed by atoms with van der Waals surface area (Å²) in [5.74, 6) is 1.43. The minimum absolute atomic E-state index is 0.00000488. The predicted octanol–water partition coefficient (Wildman–Crippen LogP) is 5.58. The van der Waals surface area contributed by atoms with Crippen molar-refractivity contribution in [2.45, 2.75) is 63.5 Å². The Morgan fingerprint density at radius 2 is 2.04 bits per heavy atom. The first kappa shape index (κ1) is 18.6. The molecule has 1 fully saturated rings. The van der Waals surface area contributed by atoms with Crippen LogP contribution < -0.4 is 10.2 Å². The van der Waals surface area contributed by atoms with Crippen LogP contribution in [0, 0.1) is 0 Å². The number of carbonyl (C=O) groups is 1. The largest absolute Gasteiger partial charge is 0.435 e. The molecule has 0 spiro atoms. The van der Waals surface area contributed by atoms with E-state index >= 15 is 0 Å². The Balaban J connectivity index is 1.82. The molecule has 6 nitrogen and oxygen atoms in total. The number of aromatic nitrogens is 3. The summed E-state index contributed by atoms with van der Waals surface area (Å²) in [5, 5.41) is 5.82. The number of ether oxygens (including phenoxy) is 1. The normalized spacial score (nSPS) is 15.5. The first-order valence-electron chi connectivity index (χ1n) is 9.54. The van der Waals surface area contributed by atoms with Crippen molar-refractivity contribution in [1.29, 1.82) is 0 Å². The number of unbranched alkanes of at least 4 members (excludes halogenated alkanes) is 1. The molecule has 26 heavy (non-hydrogen) atoms. The Labute approximate surface area is 157 Å². The summed E-state index contributed by atoms with van der Waals surface area (Å²) in [7, 11) is -0.175. The molecule has 3 N–H and O–H groups in total. The lowest BCUT2D eigenvalue weighted by Crippen LogP contribution is -2.27. The molecule has 7 heteroatoms. The highest BCUT2D eigenvalue weighted by Crippen LogP contribution is 2.40. The van der Waals surface area contributed by atoms with Crippen molar-refractivity contribution in [3.8, 4) is 11.6 Å². The van der Waals surface area contributed by atoms with E-state index in [4.69, 9.17) is 4.74 Å². The molecule has 2 aromatic rings. The summed E-state index contributed by atoms with van der Waals surface area (Å²) < 4.78 is 9.40. The van der Waals surface area contributed by atoms with Gasteiger partial charge in [-0.3, -0.25) is 4.79 Å². The summed E-state index contributed by atoms with van der Waals surface area (Å²) in [4.78, 5) is 13.7. The molecule has 1 aromatic heterocycles. The third-order valence-electron chi connectivity index (χ3n) is 4.53. The summed E-state index contributed by atoms with van der Waals surface area (Å²) in [6.07, 6.45) is 8.70. The summed E-state index contributed by atoms with van der Waals surface area (Å²) in [6, 6.07) is 9.70. The van der Waals surface area contributed by atoms with E-state index in [0.29, 0.717) is 17.6 Å². The number of hydrogen-bond acceptors (Lipinski definition) is 2. The van der Waals surface area contributed by atoms with E-state index in [9.17, 15) is 4.79 Å². The number of aromatic amines is 2. The lowest BCUT2D eigenvalue weighted by atomic mass is 10.0. The van der Waals surface area contributed by atoms with E-state index in [1.807, 2.05) is 30.3 Å². The van der Waals surface area contributed by atoms with Gasteiger partial charge in [-0.2, -0.15) is 0 Å². The number of hydrogen-bond donors (Lipinski definition) is 3. The number of benzene rings is 1.